The molecule has 0 saturated carbocycles. The zero-order valence-electron chi connectivity index (χ0n) is 12.9. The smallest absolute Gasteiger partial charge is 0.307 e. The number of hydrogen-bond acceptors (Lipinski definition) is 3. The van der Waals surface area contributed by atoms with Crippen molar-refractivity contribution in [1.29, 1.82) is 0 Å². The highest BCUT2D eigenvalue weighted by Crippen LogP contribution is 2.28. The van der Waals surface area contributed by atoms with Crippen molar-refractivity contribution in [2.45, 2.75) is 31.7 Å². The second-order valence-corrected chi connectivity index (χ2v) is 6.27. The molecule has 0 spiro atoms. The van der Waals surface area contributed by atoms with E-state index in [0.717, 1.165) is 19.4 Å². The maximum Gasteiger partial charge on any atom is 0.307 e. The third-order valence-corrected chi connectivity index (χ3v) is 4.80. The number of benzene rings is 1. The van der Waals surface area contributed by atoms with Gasteiger partial charge in [-0.05, 0) is 44.4 Å². The largest absolute Gasteiger partial charge is 0.481 e. The molecule has 2 fully saturated rings. The normalized spacial score (nSPS) is 26.3. The third kappa shape index (κ3) is 3.22. The minimum atomic E-state index is -0.802. The highest BCUT2D eigenvalue weighted by Gasteiger charge is 2.38. The molecule has 1 amide bonds. The van der Waals surface area contributed by atoms with Gasteiger partial charge >= 0.3 is 5.97 Å². The van der Waals surface area contributed by atoms with Crippen LogP contribution in [0, 0.1) is 11.7 Å². The molecule has 3 rings (SSSR count). The van der Waals surface area contributed by atoms with Crippen molar-refractivity contribution in [2.24, 2.45) is 5.92 Å². The first-order chi connectivity index (χ1) is 11.1. The molecule has 2 unspecified atom stereocenters. The number of nitrogens with zero attached hydrogens (tertiary/aromatic N) is 2. The SMILES string of the molecule is O=C(O)C1CCCN(C2CCCN(c3ccccc3F)C2=O)C1. The Kier molecular flexibility index (Phi) is 4.61. The van der Waals surface area contributed by atoms with Gasteiger partial charge in [0.15, 0.2) is 0 Å². The zero-order valence-corrected chi connectivity index (χ0v) is 12.9. The summed E-state index contributed by atoms with van der Waals surface area (Å²) < 4.78 is 14.0. The van der Waals surface area contributed by atoms with E-state index in [-0.39, 0.29) is 11.9 Å². The van der Waals surface area contributed by atoms with Crippen LogP contribution in [0.4, 0.5) is 10.1 Å². The molecule has 6 heteroatoms. The standard InChI is InChI=1S/C17H21FN2O3/c18-13-6-1-2-7-14(13)20-10-4-8-15(16(20)21)19-9-3-5-12(11-19)17(22)23/h1-2,6-7,12,15H,3-5,8-11H2,(H,22,23). The number of hydrogen-bond donors (Lipinski definition) is 1. The van der Waals surface area contributed by atoms with Gasteiger partial charge in [0, 0.05) is 13.1 Å². The summed E-state index contributed by atoms with van der Waals surface area (Å²) in [7, 11) is 0. The number of carboxylic acid groups (broad SMARTS) is 1. The number of piperidine rings is 2. The van der Waals surface area contributed by atoms with Crippen molar-refractivity contribution < 1.29 is 19.1 Å². The van der Waals surface area contributed by atoms with E-state index in [1.54, 1.807) is 18.2 Å². The molecule has 0 aromatic heterocycles. The predicted molar refractivity (Wildman–Crippen MR) is 83.7 cm³/mol. The lowest BCUT2D eigenvalue weighted by atomic mass is 9.94. The second-order valence-electron chi connectivity index (χ2n) is 6.27. The molecule has 124 valence electrons. The van der Waals surface area contributed by atoms with Crippen LogP contribution in [0.2, 0.25) is 0 Å². The lowest BCUT2D eigenvalue weighted by Crippen LogP contribution is -2.55. The van der Waals surface area contributed by atoms with Crippen molar-refractivity contribution in [3.05, 3.63) is 30.1 Å². The summed E-state index contributed by atoms with van der Waals surface area (Å²) in [5, 5.41) is 9.22. The number of para-hydroxylation sites is 1. The molecule has 1 aromatic carbocycles. The first-order valence-corrected chi connectivity index (χ1v) is 8.10. The van der Waals surface area contributed by atoms with E-state index in [2.05, 4.69) is 0 Å². The topological polar surface area (TPSA) is 60.9 Å². The van der Waals surface area contributed by atoms with Crippen molar-refractivity contribution >= 4 is 17.6 Å². The molecule has 23 heavy (non-hydrogen) atoms. The van der Waals surface area contributed by atoms with Crippen LogP contribution in [0.25, 0.3) is 0 Å². The average Bonchev–Trinajstić information content (AvgIpc) is 2.56. The van der Waals surface area contributed by atoms with Crippen LogP contribution in [0.3, 0.4) is 0 Å². The van der Waals surface area contributed by atoms with Crippen LogP contribution in [-0.4, -0.2) is 47.6 Å². The number of carboxylic acids is 1. The van der Waals surface area contributed by atoms with Gasteiger partial charge in [-0.1, -0.05) is 12.1 Å². The van der Waals surface area contributed by atoms with Crippen LogP contribution in [-0.2, 0) is 9.59 Å². The molecule has 2 atom stereocenters. The highest BCUT2D eigenvalue weighted by molar-refractivity contribution is 5.98. The summed E-state index contributed by atoms with van der Waals surface area (Å²) >= 11 is 0. The molecule has 2 aliphatic heterocycles. The molecule has 2 heterocycles. The van der Waals surface area contributed by atoms with Crippen LogP contribution in [0.15, 0.2) is 24.3 Å². The van der Waals surface area contributed by atoms with Crippen LogP contribution in [0.5, 0.6) is 0 Å². The number of carbonyl (C=O) groups is 2. The van der Waals surface area contributed by atoms with Gasteiger partial charge in [0.05, 0.1) is 17.6 Å². The summed E-state index contributed by atoms with van der Waals surface area (Å²) in [6.45, 7) is 1.63. The van der Waals surface area contributed by atoms with Crippen molar-refractivity contribution in [3.8, 4) is 0 Å². The molecule has 0 bridgehead atoms. The van der Waals surface area contributed by atoms with E-state index in [1.807, 2.05) is 4.90 Å². The van der Waals surface area contributed by atoms with E-state index in [9.17, 15) is 19.1 Å². The Morgan fingerprint density at radius 1 is 1.17 bits per heavy atom. The van der Waals surface area contributed by atoms with Crippen LogP contribution < -0.4 is 4.90 Å². The van der Waals surface area contributed by atoms with E-state index >= 15 is 0 Å². The summed E-state index contributed by atoms with van der Waals surface area (Å²) in [4.78, 5) is 27.5. The molecule has 2 aliphatic rings. The lowest BCUT2D eigenvalue weighted by molar-refractivity contribution is -0.145. The fourth-order valence-electron chi connectivity index (χ4n) is 3.60. The Morgan fingerprint density at radius 2 is 1.91 bits per heavy atom. The van der Waals surface area contributed by atoms with Crippen molar-refractivity contribution in [2.75, 3.05) is 24.5 Å². The van der Waals surface area contributed by atoms with E-state index in [1.165, 1.54) is 11.0 Å². The van der Waals surface area contributed by atoms with Gasteiger partial charge in [0.25, 0.3) is 0 Å². The summed E-state index contributed by atoms with van der Waals surface area (Å²) in [6, 6.07) is 5.95. The quantitative estimate of drug-likeness (QED) is 0.927. The maximum absolute atomic E-state index is 14.0. The van der Waals surface area contributed by atoms with Gasteiger partial charge < -0.3 is 10.0 Å². The highest BCUT2D eigenvalue weighted by atomic mass is 19.1. The number of aliphatic carboxylic acids is 1. The number of anilines is 1. The predicted octanol–water partition coefficient (Wildman–Crippen LogP) is 2.12. The second kappa shape index (κ2) is 6.66. The minimum Gasteiger partial charge on any atom is -0.481 e. The molecule has 2 saturated heterocycles. The van der Waals surface area contributed by atoms with Gasteiger partial charge in [-0.3, -0.25) is 14.5 Å². The average molecular weight is 320 g/mol. The monoisotopic (exact) mass is 320 g/mol. The Bertz CT molecular complexity index is 607. The van der Waals surface area contributed by atoms with Gasteiger partial charge in [-0.2, -0.15) is 0 Å². The van der Waals surface area contributed by atoms with Gasteiger partial charge in [0.1, 0.15) is 5.82 Å². The van der Waals surface area contributed by atoms with Crippen molar-refractivity contribution in [3.63, 3.8) is 0 Å². The Hall–Kier alpha value is -1.95. The molecule has 0 radical (unpaired) electrons. The Labute approximate surface area is 134 Å². The molecular formula is C17H21FN2O3. The first-order valence-electron chi connectivity index (χ1n) is 8.10. The van der Waals surface area contributed by atoms with E-state index < -0.39 is 17.7 Å². The fraction of sp³-hybridized carbons (Fsp3) is 0.529. The number of carbonyl (C=O) groups excluding carboxylic acids is 1. The van der Waals surface area contributed by atoms with Gasteiger partial charge in [0.2, 0.25) is 5.91 Å². The van der Waals surface area contributed by atoms with Crippen molar-refractivity contribution in [1.82, 2.24) is 4.90 Å². The molecule has 1 aromatic rings. The van der Waals surface area contributed by atoms with Gasteiger partial charge in [-0.15, -0.1) is 0 Å². The third-order valence-electron chi connectivity index (χ3n) is 4.80. The van der Waals surface area contributed by atoms with Crippen LogP contribution >= 0.6 is 0 Å². The number of halogens is 1. The molecule has 0 aliphatic carbocycles. The summed E-state index contributed by atoms with van der Waals surface area (Å²) in [6.07, 6.45) is 2.93. The summed E-state index contributed by atoms with van der Waals surface area (Å²) in [5.74, 6) is -1.74. The minimum absolute atomic E-state index is 0.118. The van der Waals surface area contributed by atoms with Gasteiger partial charge in [-0.25, -0.2) is 4.39 Å². The molecule has 5 nitrogen and oxygen atoms in total. The molecular weight excluding hydrogens is 299 g/mol. The number of likely N-dealkylation sites (tertiary alicyclic amines) is 1. The number of rotatable bonds is 3. The molecule has 1 N–H and O–H groups in total. The Balaban J connectivity index is 1.77. The van der Waals surface area contributed by atoms with E-state index in [0.29, 0.717) is 31.6 Å². The summed E-state index contributed by atoms with van der Waals surface area (Å²) in [5.41, 5.74) is 0.314. The number of amides is 1. The fourth-order valence-corrected chi connectivity index (χ4v) is 3.60. The maximum atomic E-state index is 14.0. The zero-order chi connectivity index (χ0) is 16.4. The lowest BCUT2D eigenvalue weighted by Gasteiger charge is -2.41. The van der Waals surface area contributed by atoms with E-state index in [4.69, 9.17) is 0 Å². The van der Waals surface area contributed by atoms with Crippen LogP contribution in [0.1, 0.15) is 25.7 Å². The Morgan fingerprint density at radius 3 is 2.65 bits per heavy atom. The first kappa shape index (κ1) is 15.9.